The van der Waals surface area contributed by atoms with Crippen molar-refractivity contribution in [3.63, 3.8) is 0 Å². The molecule has 0 aliphatic carbocycles. The fourth-order valence-corrected chi connectivity index (χ4v) is 1.39. The third kappa shape index (κ3) is 1.69. The van der Waals surface area contributed by atoms with E-state index in [1.54, 1.807) is 6.07 Å². The summed E-state index contributed by atoms with van der Waals surface area (Å²) in [6, 6.07) is 5.67. The van der Waals surface area contributed by atoms with Gasteiger partial charge in [-0.25, -0.2) is 4.79 Å². The van der Waals surface area contributed by atoms with Crippen molar-refractivity contribution in [2.24, 2.45) is 0 Å². The van der Waals surface area contributed by atoms with Gasteiger partial charge in [-0.05, 0) is 18.2 Å². The van der Waals surface area contributed by atoms with Gasteiger partial charge in [0.25, 0.3) is 0 Å². The Morgan fingerprint density at radius 1 is 1.33 bits per heavy atom. The smallest absolute Gasteiger partial charge is 0.415 e. The summed E-state index contributed by atoms with van der Waals surface area (Å²) in [5, 5.41) is 11.3. The first-order valence-corrected chi connectivity index (χ1v) is 4.33. The van der Waals surface area contributed by atoms with Crippen molar-refractivity contribution >= 4 is 28.3 Å². The monoisotopic (exact) mass is 225 g/mol. The van der Waals surface area contributed by atoms with Crippen LogP contribution in [0.1, 0.15) is 0 Å². The zero-order valence-electron chi connectivity index (χ0n) is 7.27. The lowest BCUT2D eigenvalue weighted by Crippen LogP contribution is -2.05. The van der Waals surface area contributed by atoms with Crippen LogP contribution in [0.25, 0.3) is 11.0 Å². The SMILES string of the molecule is O=c1oc2ccc(Cl)cc2cc1[N+](=O)[O-]. The quantitative estimate of drug-likeness (QED) is 0.424. The molecule has 0 fully saturated rings. The Bertz CT molecular complexity index is 605. The van der Waals surface area contributed by atoms with Crippen LogP contribution >= 0.6 is 11.6 Å². The Kier molecular flexibility index (Phi) is 2.17. The van der Waals surface area contributed by atoms with E-state index < -0.39 is 16.2 Å². The Hall–Kier alpha value is -1.88. The van der Waals surface area contributed by atoms with Crippen molar-refractivity contribution in [1.29, 1.82) is 0 Å². The summed E-state index contributed by atoms with van der Waals surface area (Å²) in [5.41, 5.74) is -1.28. The number of fused-ring (bicyclic) bond motifs is 1. The summed E-state index contributed by atoms with van der Waals surface area (Å²) in [6.45, 7) is 0. The van der Waals surface area contributed by atoms with Crippen LogP contribution in [0.2, 0.25) is 5.02 Å². The second kappa shape index (κ2) is 3.36. The molecule has 0 N–H and O–H groups in total. The minimum atomic E-state index is -0.963. The highest BCUT2D eigenvalue weighted by molar-refractivity contribution is 6.31. The molecule has 1 heterocycles. The van der Waals surface area contributed by atoms with Gasteiger partial charge in [-0.15, -0.1) is 0 Å². The van der Waals surface area contributed by atoms with Crippen LogP contribution in [0.5, 0.6) is 0 Å². The molecule has 76 valence electrons. The fourth-order valence-electron chi connectivity index (χ4n) is 1.21. The van der Waals surface area contributed by atoms with E-state index in [9.17, 15) is 14.9 Å². The van der Waals surface area contributed by atoms with Crippen molar-refractivity contribution in [3.05, 3.63) is 49.8 Å². The van der Waals surface area contributed by atoms with E-state index in [4.69, 9.17) is 16.0 Å². The maximum Gasteiger partial charge on any atom is 0.415 e. The van der Waals surface area contributed by atoms with Gasteiger partial charge in [-0.2, -0.15) is 0 Å². The largest absolute Gasteiger partial charge is 0.418 e. The van der Waals surface area contributed by atoms with Crippen LogP contribution in [0, 0.1) is 10.1 Å². The molecule has 1 aromatic carbocycles. The van der Waals surface area contributed by atoms with Crippen molar-refractivity contribution < 1.29 is 9.34 Å². The van der Waals surface area contributed by atoms with Crippen LogP contribution < -0.4 is 5.63 Å². The van der Waals surface area contributed by atoms with E-state index in [0.717, 1.165) is 6.07 Å². The molecule has 2 aromatic rings. The zero-order chi connectivity index (χ0) is 11.0. The van der Waals surface area contributed by atoms with Crippen LogP contribution in [0.4, 0.5) is 5.69 Å². The Morgan fingerprint density at radius 2 is 2.07 bits per heavy atom. The fraction of sp³-hybridized carbons (Fsp3) is 0. The molecule has 0 saturated carbocycles. The summed E-state index contributed by atoms with van der Waals surface area (Å²) >= 11 is 5.70. The number of nitrogens with zero attached hydrogens (tertiary/aromatic N) is 1. The molecule has 6 heteroatoms. The second-order valence-electron chi connectivity index (χ2n) is 2.86. The highest BCUT2D eigenvalue weighted by Crippen LogP contribution is 2.20. The molecule has 15 heavy (non-hydrogen) atoms. The van der Waals surface area contributed by atoms with Gasteiger partial charge in [0.2, 0.25) is 0 Å². The summed E-state index contributed by atoms with van der Waals surface area (Å²) in [5.74, 6) is 0. The van der Waals surface area contributed by atoms with Gasteiger partial charge in [0.1, 0.15) is 5.58 Å². The van der Waals surface area contributed by atoms with Gasteiger partial charge in [0.05, 0.1) is 4.92 Å². The molecule has 0 aliphatic heterocycles. The highest BCUT2D eigenvalue weighted by atomic mass is 35.5. The highest BCUT2D eigenvalue weighted by Gasteiger charge is 2.15. The molecule has 0 spiro atoms. The summed E-state index contributed by atoms with van der Waals surface area (Å²) in [7, 11) is 0. The Morgan fingerprint density at radius 3 is 2.73 bits per heavy atom. The van der Waals surface area contributed by atoms with E-state index in [0.29, 0.717) is 10.4 Å². The molecule has 0 atom stereocenters. The van der Waals surface area contributed by atoms with Crippen LogP contribution in [0.15, 0.2) is 33.5 Å². The van der Waals surface area contributed by atoms with Crippen LogP contribution in [-0.2, 0) is 0 Å². The van der Waals surface area contributed by atoms with E-state index in [1.165, 1.54) is 12.1 Å². The minimum Gasteiger partial charge on any atom is -0.418 e. The molecular weight excluding hydrogens is 222 g/mol. The van der Waals surface area contributed by atoms with Crippen molar-refractivity contribution in [3.8, 4) is 0 Å². The molecule has 0 aliphatic rings. The van der Waals surface area contributed by atoms with Crippen LogP contribution in [0.3, 0.4) is 0 Å². The Balaban J connectivity index is 2.83. The molecule has 1 aromatic heterocycles. The molecule has 0 saturated heterocycles. The minimum absolute atomic E-state index is 0.273. The first-order valence-electron chi connectivity index (χ1n) is 3.96. The van der Waals surface area contributed by atoms with Crippen molar-refractivity contribution in [2.75, 3.05) is 0 Å². The normalized spacial score (nSPS) is 10.5. The lowest BCUT2D eigenvalue weighted by atomic mass is 10.2. The molecule has 0 unspecified atom stereocenters. The summed E-state index contributed by atoms with van der Waals surface area (Å²) < 4.78 is 4.75. The zero-order valence-corrected chi connectivity index (χ0v) is 8.02. The number of hydrogen-bond donors (Lipinski definition) is 0. The van der Waals surface area contributed by atoms with Gasteiger partial charge in [-0.1, -0.05) is 11.6 Å². The molecular formula is C9H4ClNO4. The average molecular weight is 226 g/mol. The predicted octanol–water partition coefficient (Wildman–Crippen LogP) is 2.35. The number of rotatable bonds is 1. The van der Waals surface area contributed by atoms with E-state index in [1.807, 2.05) is 0 Å². The number of benzene rings is 1. The molecule has 0 radical (unpaired) electrons. The van der Waals surface area contributed by atoms with E-state index >= 15 is 0 Å². The first kappa shape index (κ1) is 9.67. The summed E-state index contributed by atoms with van der Waals surface area (Å²) in [4.78, 5) is 20.8. The van der Waals surface area contributed by atoms with Crippen LogP contribution in [-0.4, -0.2) is 4.92 Å². The maximum absolute atomic E-state index is 11.1. The lowest BCUT2D eigenvalue weighted by Gasteiger charge is -1.96. The topological polar surface area (TPSA) is 73.3 Å². The number of hydrogen-bond acceptors (Lipinski definition) is 4. The van der Waals surface area contributed by atoms with Crippen molar-refractivity contribution in [2.45, 2.75) is 0 Å². The van der Waals surface area contributed by atoms with Crippen molar-refractivity contribution in [1.82, 2.24) is 0 Å². The number of halogens is 1. The van der Waals surface area contributed by atoms with E-state index in [-0.39, 0.29) is 5.58 Å². The maximum atomic E-state index is 11.1. The lowest BCUT2D eigenvalue weighted by molar-refractivity contribution is -0.387. The van der Waals surface area contributed by atoms with E-state index in [2.05, 4.69) is 0 Å². The predicted molar refractivity (Wildman–Crippen MR) is 54.1 cm³/mol. The first-order chi connectivity index (χ1) is 7.08. The second-order valence-corrected chi connectivity index (χ2v) is 3.29. The molecule has 5 nitrogen and oxygen atoms in total. The Labute approximate surface area is 88.0 Å². The third-order valence-corrected chi connectivity index (χ3v) is 2.11. The number of nitro groups is 1. The standard InChI is InChI=1S/C9H4ClNO4/c10-6-1-2-8-5(3-6)4-7(11(13)14)9(12)15-8/h1-4H. The molecule has 0 bridgehead atoms. The third-order valence-electron chi connectivity index (χ3n) is 1.87. The summed E-state index contributed by atoms with van der Waals surface area (Å²) in [6.07, 6.45) is 0. The molecule has 2 rings (SSSR count). The van der Waals surface area contributed by atoms with Gasteiger partial charge in [0.15, 0.2) is 0 Å². The van der Waals surface area contributed by atoms with Gasteiger partial charge in [-0.3, -0.25) is 10.1 Å². The van der Waals surface area contributed by atoms with Gasteiger partial charge < -0.3 is 4.42 Å². The van der Waals surface area contributed by atoms with Gasteiger partial charge in [0, 0.05) is 16.5 Å². The van der Waals surface area contributed by atoms with Gasteiger partial charge >= 0.3 is 11.3 Å². The average Bonchev–Trinajstić information content (AvgIpc) is 2.17. The molecule has 0 amide bonds.